The van der Waals surface area contributed by atoms with E-state index in [9.17, 15) is 4.39 Å². The second kappa shape index (κ2) is 8.19. The third kappa shape index (κ3) is 3.80. The van der Waals surface area contributed by atoms with Gasteiger partial charge in [-0.2, -0.15) is 0 Å². The topological polar surface area (TPSA) is 121 Å². The van der Waals surface area contributed by atoms with Gasteiger partial charge in [0.2, 0.25) is 0 Å². The molecule has 2 aromatic carbocycles. The van der Waals surface area contributed by atoms with Gasteiger partial charge in [-0.3, -0.25) is 9.55 Å². The highest BCUT2D eigenvalue weighted by Gasteiger charge is 2.20. The highest BCUT2D eigenvalue weighted by atomic mass is 19.1. The van der Waals surface area contributed by atoms with Crippen LogP contribution in [0, 0.1) is 5.82 Å². The second-order valence-electron chi connectivity index (χ2n) is 7.59. The van der Waals surface area contributed by atoms with Gasteiger partial charge in [0.25, 0.3) is 0 Å². The number of rotatable bonds is 5. The lowest BCUT2D eigenvalue weighted by Gasteiger charge is -2.18. The molecule has 0 bridgehead atoms. The van der Waals surface area contributed by atoms with Gasteiger partial charge < -0.3 is 16.8 Å². The number of imidazole rings is 1. The summed E-state index contributed by atoms with van der Waals surface area (Å²) in [6, 6.07) is 17.8. The normalized spacial score (nSPS) is 12.1. The number of nitrogens with zero attached hydrogens (tertiary/aromatic N) is 5. The lowest BCUT2D eigenvalue weighted by molar-refractivity contribution is 0.629. The van der Waals surface area contributed by atoms with Crippen molar-refractivity contribution in [1.29, 1.82) is 0 Å². The average Bonchev–Trinajstić information content (AvgIpc) is 3.21. The Morgan fingerprint density at radius 2 is 1.85 bits per heavy atom. The van der Waals surface area contributed by atoms with Gasteiger partial charge in [0.1, 0.15) is 23.7 Å². The number of hydrogen-bond donors (Lipinski definition) is 3. The fourth-order valence-electron chi connectivity index (χ4n) is 3.76. The Morgan fingerprint density at radius 3 is 2.67 bits per heavy atom. The van der Waals surface area contributed by atoms with Crippen molar-refractivity contribution >= 4 is 28.4 Å². The molecule has 0 spiro atoms. The highest BCUT2D eigenvalue weighted by molar-refractivity contribution is 5.79. The molecule has 1 atom stereocenters. The number of pyridine rings is 1. The van der Waals surface area contributed by atoms with Crippen LogP contribution in [0.2, 0.25) is 0 Å². The van der Waals surface area contributed by atoms with E-state index in [4.69, 9.17) is 16.5 Å². The summed E-state index contributed by atoms with van der Waals surface area (Å²) < 4.78 is 16.1. The molecule has 0 fully saturated rings. The average molecular weight is 440 g/mol. The molecule has 0 saturated carbocycles. The second-order valence-corrected chi connectivity index (χ2v) is 7.59. The first-order valence-corrected chi connectivity index (χ1v) is 10.3. The van der Waals surface area contributed by atoms with E-state index in [0.29, 0.717) is 22.7 Å². The first kappa shape index (κ1) is 20.4. The molecule has 0 aliphatic carbocycles. The predicted octanol–water partition coefficient (Wildman–Crippen LogP) is 4.35. The van der Waals surface area contributed by atoms with E-state index in [-0.39, 0.29) is 23.4 Å². The smallest absolute Gasteiger partial charge is 0.155 e. The van der Waals surface area contributed by atoms with Gasteiger partial charge >= 0.3 is 0 Å². The van der Waals surface area contributed by atoms with E-state index < -0.39 is 0 Å². The molecule has 9 heteroatoms. The molecule has 0 amide bonds. The number of anilines is 3. The molecule has 0 unspecified atom stereocenters. The van der Waals surface area contributed by atoms with Crippen molar-refractivity contribution < 1.29 is 4.39 Å². The first-order chi connectivity index (χ1) is 16.0. The molecule has 5 N–H and O–H groups in total. The Morgan fingerprint density at radius 1 is 0.970 bits per heavy atom. The summed E-state index contributed by atoms with van der Waals surface area (Å²) in [4.78, 5) is 17.3. The van der Waals surface area contributed by atoms with Crippen LogP contribution < -0.4 is 16.8 Å². The van der Waals surface area contributed by atoms with Crippen LogP contribution in [-0.2, 0) is 0 Å². The summed E-state index contributed by atoms with van der Waals surface area (Å²) in [5.41, 5.74) is 16.0. The van der Waals surface area contributed by atoms with Crippen molar-refractivity contribution in [3.8, 4) is 16.9 Å². The van der Waals surface area contributed by atoms with E-state index in [0.717, 1.165) is 16.9 Å². The van der Waals surface area contributed by atoms with Crippen molar-refractivity contribution in [2.75, 3.05) is 16.8 Å². The van der Waals surface area contributed by atoms with E-state index in [1.165, 1.54) is 18.5 Å². The van der Waals surface area contributed by atoms with Gasteiger partial charge in [-0.15, -0.1) is 0 Å². The minimum absolute atomic E-state index is 0.193. The Labute approximate surface area is 189 Å². The monoisotopic (exact) mass is 440 g/mol. The van der Waals surface area contributed by atoms with Gasteiger partial charge in [0.05, 0.1) is 22.8 Å². The third-order valence-corrected chi connectivity index (χ3v) is 5.36. The molecule has 5 aromatic rings. The standard InChI is InChI=1S/C24H21FN8/c1-14(31-23-21(26)22(27)29-13-30-23)24-32-19-9-8-16(25)12-20(19)33(24)17-6-4-5-15(11-17)18-7-2-3-10-28-18/h2-14H,26H2,1H3,(H3,27,29,30,31)/t14-/m0/s1. The van der Waals surface area contributed by atoms with Crippen LogP contribution in [0.5, 0.6) is 0 Å². The minimum Gasteiger partial charge on any atom is -0.393 e. The fourth-order valence-corrected chi connectivity index (χ4v) is 3.76. The maximum absolute atomic E-state index is 14.2. The van der Waals surface area contributed by atoms with Gasteiger partial charge in [0, 0.05) is 23.5 Å². The molecular weight excluding hydrogens is 419 g/mol. The third-order valence-electron chi connectivity index (χ3n) is 5.36. The molecule has 0 radical (unpaired) electrons. The van der Waals surface area contributed by atoms with Crippen molar-refractivity contribution in [1.82, 2.24) is 24.5 Å². The van der Waals surface area contributed by atoms with Crippen LogP contribution in [0.25, 0.3) is 28.0 Å². The molecule has 0 saturated heterocycles. The fraction of sp³-hybridized carbons (Fsp3) is 0.0833. The van der Waals surface area contributed by atoms with Crippen LogP contribution in [-0.4, -0.2) is 24.5 Å². The molecule has 0 aliphatic heterocycles. The Balaban J connectivity index is 1.65. The van der Waals surface area contributed by atoms with Gasteiger partial charge in [-0.25, -0.2) is 19.3 Å². The van der Waals surface area contributed by atoms with Crippen LogP contribution in [0.15, 0.2) is 73.2 Å². The number of nitrogens with one attached hydrogen (secondary N) is 1. The summed E-state index contributed by atoms with van der Waals surface area (Å²) in [5, 5.41) is 3.25. The molecule has 33 heavy (non-hydrogen) atoms. The SMILES string of the molecule is C[C@H](Nc1ncnc(N)c1N)c1nc2ccc(F)cc2n1-c1cccc(-c2ccccn2)c1. The van der Waals surface area contributed by atoms with Crippen molar-refractivity contribution in [2.24, 2.45) is 0 Å². The zero-order valence-electron chi connectivity index (χ0n) is 17.8. The lowest BCUT2D eigenvalue weighted by atomic mass is 10.1. The number of benzene rings is 2. The Kier molecular flexibility index (Phi) is 5.06. The van der Waals surface area contributed by atoms with Gasteiger partial charge in [-0.05, 0) is 43.3 Å². The maximum Gasteiger partial charge on any atom is 0.155 e. The number of halogens is 1. The van der Waals surface area contributed by atoms with Crippen LogP contribution in [0.3, 0.4) is 0 Å². The minimum atomic E-state index is -0.343. The highest BCUT2D eigenvalue weighted by Crippen LogP contribution is 2.31. The van der Waals surface area contributed by atoms with Crippen molar-refractivity contribution in [3.63, 3.8) is 0 Å². The number of nitrogen functional groups attached to an aromatic ring is 2. The first-order valence-electron chi connectivity index (χ1n) is 10.3. The van der Waals surface area contributed by atoms with Crippen LogP contribution in [0.1, 0.15) is 18.8 Å². The molecular formula is C24H21FN8. The Hall–Kier alpha value is -4.53. The molecule has 3 aromatic heterocycles. The summed E-state index contributed by atoms with van der Waals surface area (Å²) in [5.74, 6) is 0.912. The maximum atomic E-state index is 14.2. The number of fused-ring (bicyclic) bond motifs is 1. The van der Waals surface area contributed by atoms with Crippen molar-refractivity contribution in [2.45, 2.75) is 13.0 Å². The molecule has 3 heterocycles. The summed E-state index contributed by atoms with van der Waals surface area (Å²) in [6.45, 7) is 1.93. The van der Waals surface area contributed by atoms with Gasteiger partial charge in [0.15, 0.2) is 11.6 Å². The van der Waals surface area contributed by atoms with E-state index in [2.05, 4.69) is 20.3 Å². The predicted molar refractivity (Wildman–Crippen MR) is 127 cm³/mol. The van der Waals surface area contributed by atoms with Gasteiger partial charge in [-0.1, -0.05) is 18.2 Å². The van der Waals surface area contributed by atoms with Crippen LogP contribution in [0.4, 0.5) is 21.7 Å². The van der Waals surface area contributed by atoms with E-state index >= 15 is 0 Å². The quantitative estimate of drug-likeness (QED) is 0.371. The molecule has 164 valence electrons. The number of aromatic nitrogens is 5. The van der Waals surface area contributed by atoms with Crippen molar-refractivity contribution in [3.05, 3.63) is 84.8 Å². The van der Waals surface area contributed by atoms with E-state index in [1.54, 1.807) is 12.3 Å². The Bertz CT molecular complexity index is 1450. The summed E-state index contributed by atoms with van der Waals surface area (Å²) >= 11 is 0. The van der Waals surface area contributed by atoms with E-state index in [1.807, 2.05) is 54.0 Å². The summed E-state index contributed by atoms with van der Waals surface area (Å²) in [6.07, 6.45) is 3.09. The number of nitrogens with two attached hydrogens (primary N) is 2. The lowest BCUT2D eigenvalue weighted by Crippen LogP contribution is -2.15. The largest absolute Gasteiger partial charge is 0.393 e. The molecule has 0 aliphatic rings. The molecule has 5 rings (SSSR count). The van der Waals surface area contributed by atoms with Crippen LogP contribution >= 0.6 is 0 Å². The summed E-state index contributed by atoms with van der Waals surface area (Å²) in [7, 11) is 0. The number of hydrogen-bond acceptors (Lipinski definition) is 7. The zero-order chi connectivity index (χ0) is 22.9. The molecule has 8 nitrogen and oxygen atoms in total. The zero-order valence-corrected chi connectivity index (χ0v) is 17.8.